The summed E-state index contributed by atoms with van der Waals surface area (Å²) in [4.78, 5) is 2.58. The Morgan fingerprint density at radius 2 is 2.14 bits per heavy atom. The minimum absolute atomic E-state index is 0.302. The normalized spacial score (nSPS) is 40.9. The van der Waals surface area contributed by atoms with Gasteiger partial charge < -0.3 is 10.5 Å². The summed E-state index contributed by atoms with van der Waals surface area (Å²) in [5, 5.41) is 0. The Morgan fingerprint density at radius 1 is 1.29 bits per heavy atom. The number of nitrogens with zero attached hydrogens (tertiary/aromatic N) is 1. The molecule has 1 aliphatic carbocycles. The predicted octanol–water partition coefficient (Wildman–Crippen LogP) is 0.587. The number of hydrogen-bond acceptors (Lipinski definition) is 3. The van der Waals surface area contributed by atoms with E-state index >= 15 is 0 Å². The lowest BCUT2D eigenvalue weighted by Gasteiger charge is -2.37. The van der Waals surface area contributed by atoms with Crippen molar-refractivity contribution in [3.05, 3.63) is 0 Å². The molecule has 2 aliphatic heterocycles. The number of rotatable bonds is 2. The van der Waals surface area contributed by atoms with Crippen LogP contribution in [-0.2, 0) is 4.74 Å². The number of hydrogen-bond donors (Lipinski definition) is 1. The molecule has 0 aromatic carbocycles. The molecule has 1 saturated carbocycles. The van der Waals surface area contributed by atoms with E-state index in [-0.39, 0.29) is 0 Å². The highest BCUT2D eigenvalue weighted by Gasteiger charge is 2.40. The first-order valence-corrected chi connectivity index (χ1v) is 5.96. The summed E-state index contributed by atoms with van der Waals surface area (Å²) >= 11 is 0. The van der Waals surface area contributed by atoms with Crippen LogP contribution in [-0.4, -0.2) is 42.8 Å². The highest BCUT2D eigenvalue weighted by Crippen LogP contribution is 2.35. The standard InChI is InChI=1S/C11H20N2O/c12-11(8-3-4-8)10-6-13-5-1-2-9(13)7-14-10/h8-11H,1-7,12H2. The van der Waals surface area contributed by atoms with Gasteiger partial charge in [-0.25, -0.2) is 0 Å². The van der Waals surface area contributed by atoms with Crippen molar-refractivity contribution in [2.24, 2.45) is 11.7 Å². The summed E-state index contributed by atoms with van der Waals surface area (Å²) in [7, 11) is 0. The molecule has 3 fully saturated rings. The van der Waals surface area contributed by atoms with Gasteiger partial charge >= 0.3 is 0 Å². The summed E-state index contributed by atoms with van der Waals surface area (Å²) in [6.07, 6.45) is 5.64. The van der Waals surface area contributed by atoms with Crippen LogP contribution in [0.25, 0.3) is 0 Å². The predicted molar refractivity (Wildman–Crippen MR) is 55.0 cm³/mol. The smallest absolute Gasteiger partial charge is 0.0856 e. The Bertz CT molecular complexity index is 217. The summed E-state index contributed by atoms with van der Waals surface area (Å²) in [5.74, 6) is 0.763. The fourth-order valence-electron chi connectivity index (χ4n) is 2.86. The van der Waals surface area contributed by atoms with Crippen molar-refractivity contribution in [1.82, 2.24) is 4.90 Å². The van der Waals surface area contributed by atoms with Gasteiger partial charge in [0.05, 0.1) is 12.7 Å². The van der Waals surface area contributed by atoms with Crippen molar-refractivity contribution >= 4 is 0 Å². The Kier molecular flexibility index (Phi) is 2.26. The van der Waals surface area contributed by atoms with Gasteiger partial charge in [0.25, 0.3) is 0 Å². The zero-order chi connectivity index (χ0) is 9.54. The van der Waals surface area contributed by atoms with Crippen LogP contribution >= 0.6 is 0 Å². The van der Waals surface area contributed by atoms with Gasteiger partial charge in [0.1, 0.15) is 0 Å². The van der Waals surface area contributed by atoms with E-state index in [9.17, 15) is 0 Å². The van der Waals surface area contributed by atoms with Gasteiger partial charge in [-0.15, -0.1) is 0 Å². The third-order valence-corrected chi connectivity index (χ3v) is 4.01. The lowest BCUT2D eigenvalue weighted by atomic mass is 10.0. The molecule has 0 aromatic rings. The average Bonchev–Trinajstić information content (AvgIpc) is 2.95. The van der Waals surface area contributed by atoms with Crippen LogP contribution < -0.4 is 5.73 Å². The van der Waals surface area contributed by atoms with Crippen LogP contribution in [0.3, 0.4) is 0 Å². The van der Waals surface area contributed by atoms with E-state index in [2.05, 4.69) is 4.90 Å². The van der Waals surface area contributed by atoms with Gasteiger partial charge in [0.15, 0.2) is 0 Å². The molecule has 3 aliphatic rings. The largest absolute Gasteiger partial charge is 0.374 e. The maximum absolute atomic E-state index is 6.18. The van der Waals surface area contributed by atoms with Crippen molar-refractivity contribution < 1.29 is 4.74 Å². The van der Waals surface area contributed by atoms with Gasteiger partial charge in [-0.05, 0) is 38.1 Å². The summed E-state index contributed by atoms with van der Waals surface area (Å²) in [5.41, 5.74) is 6.18. The van der Waals surface area contributed by atoms with E-state index in [4.69, 9.17) is 10.5 Å². The van der Waals surface area contributed by atoms with Crippen molar-refractivity contribution in [2.45, 2.75) is 43.9 Å². The van der Waals surface area contributed by atoms with E-state index in [0.717, 1.165) is 19.1 Å². The molecule has 0 spiro atoms. The lowest BCUT2D eigenvalue weighted by molar-refractivity contribution is -0.0619. The number of morpholine rings is 1. The molecule has 0 amide bonds. The minimum Gasteiger partial charge on any atom is -0.374 e. The molecule has 2 saturated heterocycles. The Labute approximate surface area is 85.6 Å². The van der Waals surface area contributed by atoms with Crippen LogP contribution in [0.15, 0.2) is 0 Å². The fourth-order valence-corrected chi connectivity index (χ4v) is 2.86. The van der Waals surface area contributed by atoms with Crippen LogP contribution in [0.5, 0.6) is 0 Å². The highest BCUT2D eigenvalue weighted by molar-refractivity contribution is 4.94. The molecule has 3 unspecified atom stereocenters. The van der Waals surface area contributed by atoms with Crippen molar-refractivity contribution in [1.29, 1.82) is 0 Å². The molecule has 0 bridgehead atoms. The van der Waals surface area contributed by atoms with Gasteiger partial charge in [-0.1, -0.05) is 0 Å². The highest BCUT2D eigenvalue weighted by atomic mass is 16.5. The quantitative estimate of drug-likeness (QED) is 0.702. The summed E-state index contributed by atoms with van der Waals surface area (Å²) in [6.45, 7) is 3.27. The summed E-state index contributed by atoms with van der Waals surface area (Å²) in [6, 6.07) is 1.01. The topological polar surface area (TPSA) is 38.5 Å². The van der Waals surface area contributed by atoms with Crippen LogP contribution in [0, 0.1) is 5.92 Å². The fraction of sp³-hybridized carbons (Fsp3) is 1.00. The molecular weight excluding hydrogens is 176 g/mol. The second kappa shape index (κ2) is 3.47. The Balaban J connectivity index is 1.60. The van der Waals surface area contributed by atoms with Crippen LogP contribution in [0.1, 0.15) is 25.7 Å². The van der Waals surface area contributed by atoms with E-state index in [1.807, 2.05) is 0 Å². The maximum Gasteiger partial charge on any atom is 0.0856 e. The van der Waals surface area contributed by atoms with Crippen molar-refractivity contribution in [2.75, 3.05) is 19.7 Å². The van der Waals surface area contributed by atoms with Crippen LogP contribution in [0.4, 0.5) is 0 Å². The third-order valence-electron chi connectivity index (χ3n) is 4.01. The average molecular weight is 196 g/mol. The third kappa shape index (κ3) is 1.58. The van der Waals surface area contributed by atoms with Gasteiger partial charge in [0.2, 0.25) is 0 Å². The number of ether oxygens (including phenoxy) is 1. The van der Waals surface area contributed by atoms with E-state index in [0.29, 0.717) is 18.2 Å². The SMILES string of the molecule is NC(C1CC1)C1CN2CCCC2CO1. The van der Waals surface area contributed by atoms with Crippen molar-refractivity contribution in [3.8, 4) is 0 Å². The molecular formula is C11H20N2O. The van der Waals surface area contributed by atoms with Gasteiger partial charge in [-0.2, -0.15) is 0 Å². The molecule has 2 N–H and O–H groups in total. The van der Waals surface area contributed by atoms with Gasteiger partial charge in [-0.3, -0.25) is 4.90 Å². The van der Waals surface area contributed by atoms with E-state index in [1.54, 1.807) is 0 Å². The molecule has 3 heteroatoms. The number of nitrogens with two attached hydrogens (primary N) is 1. The van der Waals surface area contributed by atoms with Crippen molar-refractivity contribution in [3.63, 3.8) is 0 Å². The summed E-state index contributed by atoms with van der Waals surface area (Å²) < 4.78 is 5.89. The maximum atomic E-state index is 6.18. The molecule has 3 rings (SSSR count). The molecule has 0 radical (unpaired) electrons. The second-order valence-electron chi connectivity index (χ2n) is 5.08. The van der Waals surface area contributed by atoms with Crippen LogP contribution in [0.2, 0.25) is 0 Å². The molecule has 14 heavy (non-hydrogen) atoms. The molecule has 80 valence electrons. The minimum atomic E-state index is 0.302. The van der Waals surface area contributed by atoms with E-state index in [1.165, 1.54) is 32.2 Å². The molecule has 0 aromatic heterocycles. The monoisotopic (exact) mass is 196 g/mol. The number of fused-ring (bicyclic) bond motifs is 1. The molecule has 3 atom stereocenters. The lowest BCUT2D eigenvalue weighted by Crippen LogP contribution is -2.53. The molecule has 2 heterocycles. The van der Waals surface area contributed by atoms with E-state index < -0.39 is 0 Å². The van der Waals surface area contributed by atoms with Gasteiger partial charge in [0, 0.05) is 18.6 Å². The second-order valence-corrected chi connectivity index (χ2v) is 5.08. The first kappa shape index (κ1) is 9.13. The Hall–Kier alpha value is -0.120. The first-order chi connectivity index (χ1) is 6.84. The molecule has 3 nitrogen and oxygen atoms in total. The Morgan fingerprint density at radius 3 is 2.93 bits per heavy atom. The first-order valence-electron chi connectivity index (χ1n) is 5.96. The zero-order valence-corrected chi connectivity index (χ0v) is 8.69. The zero-order valence-electron chi connectivity index (χ0n) is 8.69.